The Bertz CT molecular complexity index is 689. The molecule has 20 heavy (non-hydrogen) atoms. The number of carboxylic acids is 1. The van der Waals surface area contributed by atoms with Crippen molar-refractivity contribution in [3.05, 3.63) is 53.3 Å². The Morgan fingerprint density at radius 3 is 2.35 bits per heavy atom. The predicted octanol–water partition coefficient (Wildman–Crippen LogP) is 3.18. The molecule has 104 valence electrons. The summed E-state index contributed by atoms with van der Waals surface area (Å²) in [4.78, 5) is 11.0. The Labute approximate surface area is 111 Å². The molecule has 2 rings (SSSR count). The zero-order valence-corrected chi connectivity index (χ0v) is 9.86. The van der Waals surface area contributed by atoms with E-state index in [0.29, 0.717) is 0 Å². The van der Waals surface area contributed by atoms with Crippen molar-refractivity contribution in [1.82, 2.24) is 0 Å². The third kappa shape index (κ3) is 2.51. The van der Waals surface area contributed by atoms with Gasteiger partial charge in [-0.15, -0.1) is 0 Å². The van der Waals surface area contributed by atoms with Gasteiger partial charge in [-0.1, -0.05) is 0 Å². The second-order valence-electron chi connectivity index (χ2n) is 3.82. The van der Waals surface area contributed by atoms with Gasteiger partial charge in [0.2, 0.25) is 0 Å². The van der Waals surface area contributed by atoms with Crippen molar-refractivity contribution in [2.24, 2.45) is 0 Å². The molecule has 0 amide bonds. The molecule has 0 saturated heterocycles. The fourth-order valence-corrected chi connectivity index (χ4v) is 1.55. The van der Waals surface area contributed by atoms with Gasteiger partial charge in [-0.05, 0) is 24.3 Å². The van der Waals surface area contributed by atoms with Crippen LogP contribution in [0.2, 0.25) is 0 Å². The Kier molecular flexibility index (Phi) is 3.51. The number of ether oxygens (including phenoxy) is 1. The van der Waals surface area contributed by atoms with Crippen LogP contribution >= 0.6 is 0 Å². The van der Waals surface area contributed by atoms with Crippen LogP contribution in [0.25, 0.3) is 0 Å². The molecule has 4 nitrogen and oxygen atoms in total. The molecule has 0 saturated carbocycles. The van der Waals surface area contributed by atoms with Gasteiger partial charge in [0, 0.05) is 6.07 Å². The topological polar surface area (TPSA) is 72.5 Å². The normalized spacial score (nSPS) is 10.3. The van der Waals surface area contributed by atoms with E-state index in [-0.39, 0.29) is 5.75 Å². The molecule has 2 aromatic carbocycles. The maximum atomic E-state index is 13.4. The maximum absolute atomic E-state index is 13.4. The van der Waals surface area contributed by atoms with E-state index in [1.54, 1.807) is 0 Å². The van der Waals surface area contributed by atoms with Crippen LogP contribution in [0.1, 0.15) is 10.4 Å². The largest absolute Gasteiger partial charge is 0.477 e. The number of nitrogen functional groups attached to an aromatic ring is 1. The van der Waals surface area contributed by atoms with Crippen molar-refractivity contribution in [3.8, 4) is 11.5 Å². The van der Waals surface area contributed by atoms with E-state index in [1.807, 2.05) is 0 Å². The Morgan fingerprint density at radius 2 is 1.70 bits per heavy atom. The van der Waals surface area contributed by atoms with Crippen LogP contribution in [-0.4, -0.2) is 11.1 Å². The molecule has 0 unspecified atom stereocenters. The lowest BCUT2D eigenvalue weighted by Gasteiger charge is -2.11. The van der Waals surface area contributed by atoms with Gasteiger partial charge in [0.25, 0.3) is 0 Å². The number of rotatable bonds is 3. The molecule has 0 aliphatic rings. The molecule has 0 bridgehead atoms. The number of halogens is 3. The smallest absolute Gasteiger partial charge is 0.341 e. The Hall–Kier alpha value is -2.70. The Balaban J connectivity index is 2.51. The van der Waals surface area contributed by atoms with Gasteiger partial charge in [-0.25, -0.2) is 18.0 Å². The van der Waals surface area contributed by atoms with Crippen molar-refractivity contribution in [1.29, 1.82) is 0 Å². The van der Waals surface area contributed by atoms with Crippen LogP contribution in [0.5, 0.6) is 11.5 Å². The average Bonchev–Trinajstić information content (AvgIpc) is 2.38. The van der Waals surface area contributed by atoms with Crippen molar-refractivity contribution in [3.63, 3.8) is 0 Å². The Morgan fingerprint density at radius 1 is 1.05 bits per heavy atom. The molecular formula is C13H8F3NO3. The number of nitrogens with two attached hydrogens (primary N) is 1. The highest BCUT2D eigenvalue weighted by Crippen LogP contribution is 2.32. The molecule has 2 aromatic rings. The predicted molar refractivity (Wildman–Crippen MR) is 64.2 cm³/mol. The molecule has 0 atom stereocenters. The van der Waals surface area contributed by atoms with E-state index in [9.17, 15) is 18.0 Å². The van der Waals surface area contributed by atoms with Gasteiger partial charge >= 0.3 is 5.97 Å². The van der Waals surface area contributed by atoms with Gasteiger partial charge < -0.3 is 15.6 Å². The lowest BCUT2D eigenvalue weighted by atomic mass is 10.1. The van der Waals surface area contributed by atoms with E-state index < -0.39 is 40.4 Å². The zero-order chi connectivity index (χ0) is 14.9. The molecular weight excluding hydrogens is 275 g/mol. The van der Waals surface area contributed by atoms with E-state index in [4.69, 9.17) is 15.6 Å². The highest BCUT2D eigenvalue weighted by atomic mass is 19.1. The van der Waals surface area contributed by atoms with Gasteiger partial charge in [0.1, 0.15) is 22.9 Å². The van der Waals surface area contributed by atoms with Crippen LogP contribution < -0.4 is 10.5 Å². The van der Waals surface area contributed by atoms with Crippen LogP contribution in [0.4, 0.5) is 18.9 Å². The number of carbonyl (C=O) groups is 1. The van der Waals surface area contributed by atoms with Gasteiger partial charge in [0.15, 0.2) is 11.6 Å². The van der Waals surface area contributed by atoms with E-state index in [0.717, 1.165) is 30.3 Å². The SMILES string of the molecule is Nc1c(F)ccc(Oc2cc(F)ccc2F)c1C(=O)O. The summed E-state index contributed by atoms with van der Waals surface area (Å²) in [5.74, 6) is -5.08. The van der Waals surface area contributed by atoms with Gasteiger partial charge in [-0.2, -0.15) is 0 Å². The summed E-state index contributed by atoms with van der Waals surface area (Å²) in [5, 5.41) is 8.98. The number of carboxylic acid groups (broad SMARTS) is 1. The van der Waals surface area contributed by atoms with Crippen molar-refractivity contribution < 1.29 is 27.8 Å². The number of hydrogen-bond donors (Lipinski definition) is 2. The summed E-state index contributed by atoms with van der Waals surface area (Å²) in [6.45, 7) is 0. The van der Waals surface area contributed by atoms with Crippen molar-refractivity contribution in [2.45, 2.75) is 0 Å². The van der Waals surface area contributed by atoms with E-state index in [1.165, 1.54) is 0 Å². The average molecular weight is 283 g/mol. The van der Waals surface area contributed by atoms with Gasteiger partial charge in [0.05, 0.1) is 5.69 Å². The minimum absolute atomic E-state index is 0.388. The van der Waals surface area contributed by atoms with Crippen molar-refractivity contribution in [2.75, 3.05) is 5.73 Å². The lowest BCUT2D eigenvalue weighted by molar-refractivity contribution is 0.0694. The first kappa shape index (κ1) is 13.7. The highest BCUT2D eigenvalue weighted by molar-refractivity contribution is 5.97. The summed E-state index contributed by atoms with van der Waals surface area (Å²) >= 11 is 0. The number of anilines is 1. The lowest BCUT2D eigenvalue weighted by Crippen LogP contribution is -2.07. The molecule has 0 fully saturated rings. The first-order valence-electron chi connectivity index (χ1n) is 5.34. The van der Waals surface area contributed by atoms with E-state index >= 15 is 0 Å². The van der Waals surface area contributed by atoms with Crippen molar-refractivity contribution >= 4 is 11.7 Å². The molecule has 0 radical (unpaired) electrons. The van der Waals surface area contributed by atoms with Crippen LogP contribution in [0, 0.1) is 17.5 Å². The monoisotopic (exact) mass is 283 g/mol. The van der Waals surface area contributed by atoms with Crippen LogP contribution in [0.3, 0.4) is 0 Å². The number of hydrogen-bond acceptors (Lipinski definition) is 3. The molecule has 0 aromatic heterocycles. The van der Waals surface area contributed by atoms with Gasteiger partial charge in [-0.3, -0.25) is 0 Å². The highest BCUT2D eigenvalue weighted by Gasteiger charge is 2.20. The molecule has 7 heteroatoms. The molecule has 0 heterocycles. The zero-order valence-electron chi connectivity index (χ0n) is 9.86. The minimum atomic E-state index is -1.55. The quantitative estimate of drug-likeness (QED) is 0.848. The molecule has 0 aliphatic carbocycles. The number of benzene rings is 2. The molecule has 0 spiro atoms. The fourth-order valence-electron chi connectivity index (χ4n) is 1.55. The third-order valence-corrected chi connectivity index (χ3v) is 2.48. The summed E-state index contributed by atoms with van der Waals surface area (Å²) < 4.78 is 44.6. The second-order valence-corrected chi connectivity index (χ2v) is 3.82. The minimum Gasteiger partial charge on any atom is -0.477 e. The summed E-state index contributed by atoms with van der Waals surface area (Å²) in [6.07, 6.45) is 0. The second kappa shape index (κ2) is 5.12. The van der Waals surface area contributed by atoms with Crippen LogP contribution in [-0.2, 0) is 0 Å². The summed E-state index contributed by atoms with van der Waals surface area (Å²) in [5.41, 5.74) is 4.00. The van der Waals surface area contributed by atoms with Crippen LogP contribution in [0.15, 0.2) is 30.3 Å². The molecule has 3 N–H and O–H groups in total. The standard InChI is InChI=1S/C13H8F3NO3/c14-6-1-2-7(15)10(5-6)20-9-4-3-8(16)12(17)11(9)13(18)19/h1-5H,17H2,(H,18,19). The number of aromatic carboxylic acids is 1. The first-order chi connectivity index (χ1) is 9.40. The third-order valence-electron chi connectivity index (χ3n) is 2.48. The molecule has 0 aliphatic heterocycles. The summed E-state index contributed by atoms with van der Waals surface area (Å²) in [6, 6.07) is 4.27. The maximum Gasteiger partial charge on any atom is 0.341 e. The fraction of sp³-hybridized carbons (Fsp3) is 0. The first-order valence-corrected chi connectivity index (χ1v) is 5.34. The summed E-state index contributed by atoms with van der Waals surface area (Å²) in [7, 11) is 0. The van der Waals surface area contributed by atoms with E-state index in [2.05, 4.69) is 0 Å².